The van der Waals surface area contributed by atoms with Gasteiger partial charge in [0.25, 0.3) is 0 Å². The van der Waals surface area contributed by atoms with Gasteiger partial charge in [0.05, 0.1) is 19.6 Å². The van der Waals surface area contributed by atoms with Gasteiger partial charge in [0, 0.05) is 5.56 Å². The molecule has 0 radical (unpaired) electrons. The summed E-state index contributed by atoms with van der Waals surface area (Å²) in [5.74, 6) is 0.576. The van der Waals surface area contributed by atoms with E-state index in [0.717, 1.165) is 0 Å². The molecule has 2 rings (SSSR count). The predicted molar refractivity (Wildman–Crippen MR) is 55.0 cm³/mol. The lowest BCUT2D eigenvalue weighted by molar-refractivity contribution is 0.103. The molecule has 1 heterocycles. The zero-order valence-electron chi connectivity index (χ0n) is 8.23. The number of aromatic nitrogens is 2. The van der Waals surface area contributed by atoms with Crippen molar-refractivity contribution in [3.8, 4) is 5.75 Å². The molecule has 2 aromatic rings. The average molecular weight is 202 g/mol. The average Bonchev–Trinajstić information content (AvgIpc) is 2.81. The first kappa shape index (κ1) is 9.45. The Morgan fingerprint density at radius 3 is 3.00 bits per heavy atom. The van der Waals surface area contributed by atoms with E-state index >= 15 is 0 Å². The number of ketones is 1. The van der Waals surface area contributed by atoms with Crippen molar-refractivity contribution in [3.05, 3.63) is 48.0 Å². The van der Waals surface area contributed by atoms with Gasteiger partial charge in [0.1, 0.15) is 11.4 Å². The van der Waals surface area contributed by atoms with Crippen LogP contribution in [0.3, 0.4) is 0 Å². The highest BCUT2D eigenvalue weighted by atomic mass is 16.5. The van der Waals surface area contributed by atoms with Gasteiger partial charge in [-0.15, -0.1) is 0 Å². The molecule has 0 fully saturated rings. The summed E-state index contributed by atoms with van der Waals surface area (Å²) in [7, 11) is 1.57. The van der Waals surface area contributed by atoms with Gasteiger partial charge in [-0.1, -0.05) is 12.1 Å². The van der Waals surface area contributed by atoms with E-state index in [1.807, 2.05) is 0 Å². The Morgan fingerprint density at radius 1 is 1.47 bits per heavy atom. The number of imidazole rings is 1. The number of aromatic amines is 1. The summed E-state index contributed by atoms with van der Waals surface area (Å²) < 4.78 is 5.04. The summed E-state index contributed by atoms with van der Waals surface area (Å²) >= 11 is 0. The molecule has 0 aliphatic heterocycles. The number of hydrogen-bond acceptors (Lipinski definition) is 3. The molecular formula is C11H10N2O2. The molecule has 4 heteroatoms. The number of methoxy groups -OCH3 is 1. The molecule has 0 saturated carbocycles. The third kappa shape index (κ3) is 1.88. The minimum Gasteiger partial charge on any atom is -0.497 e. The number of carbonyl (C=O) groups is 1. The molecule has 0 amide bonds. The molecule has 15 heavy (non-hydrogen) atoms. The van der Waals surface area contributed by atoms with E-state index in [4.69, 9.17) is 4.74 Å². The second-order valence-corrected chi connectivity index (χ2v) is 3.03. The summed E-state index contributed by atoms with van der Waals surface area (Å²) in [6, 6.07) is 7.01. The highest BCUT2D eigenvalue weighted by Gasteiger charge is 2.10. The van der Waals surface area contributed by atoms with Crippen molar-refractivity contribution >= 4 is 5.78 Å². The van der Waals surface area contributed by atoms with Crippen LogP contribution in [0.1, 0.15) is 16.1 Å². The standard InChI is InChI=1S/C11H10N2O2/c1-15-9-4-2-3-8(5-9)11(14)10-6-12-7-13-10/h2-7H,1H3,(H,12,13). The van der Waals surface area contributed by atoms with E-state index in [-0.39, 0.29) is 5.78 Å². The third-order valence-corrected chi connectivity index (χ3v) is 2.07. The van der Waals surface area contributed by atoms with Crippen molar-refractivity contribution in [2.75, 3.05) is 7.11 Å². The van der Waals surface area contributed by atoms with Crippen LogP contribution in [-0.2, 0) is 0 Å². The van der Waals surface area contributed by atoms with E-state index in [1.54, 1.807) is 31.4 Å². The van der Waals surface area contributed by atoms with E-state index < -0.39 is 0 Å². The molecule has 0 saturated heterocycles. The Balaban J connectivity index is 2.34. The summed E-state index contributed by atoms with van der Waals surface area (Å²) in [6.45, 7) is 0. The topological polar surface area (TPSA) is 55.0 Å². The fraction of sp³-hybridized carbons (Fsp3) is 0.0909. The summed E-state index contributed by atoms with van der Waals surface area (Å²) in [6.07, 6.45) is 2.98. The van der Waals surface area contributed by atoms with Crippen molar-refractivity contribution in [2.45, 2.75) is 0 Å². The predicted octanol–water partition coefficient (Wildman–Crippen LogP) is 1.65. The minimum absolute atomic E-state index is 0.0913. The second-order valence-electron chi connectivity index (χ2n) is 3.03. The van der Waals surface area contributed by atoms with E-state index in [1.165, 1.54) is 12.5 Å². The van der Waals surface area contributed by atoms with Crippen LogP contribution in [0.15, 0.2) is 36.8 Å². The summed E-state index contributed by atoms with van der Waals surface area (Å²) in [4.78, 5) is 18.4. The number of nitrogens with zero attached hydrogens (tertiary/aromatic N) is 1. The van der Waals surface area contributed by atoms with Gasteiger partial charge in [-0.2, -0.15) is 0 Å². The number of H-pyrrole nitrogens is 1. The van der Waals surface area contributed by atoms with Gasteiger partial charge < -0.3 is 9.72 Å². The maximum absolute atomic E-state index is 11.8. The lowest BCUT2D eigenvalue weighted by atomic mass is 10.1. The molecule has 0 aliphatic rings. The second kappa shape index (κ2) is 3.96. The molecule has 1 N–H and O–H groups in total. The molecule has 0 unspecified atom stereocenters. The Hall–Kier alpha value is -2.10. The Kier molecular flexibility index (Phi) is 2.49. The first-order valence-corrected chi connectivity index (χ1v) is 4.48. The fourth-order valence-corrected chi connectivity index (χ4v) is 1.30. The van der Waals surface area contributed by atoms with E-state index in [9.17, 15) is 4.79 Å². The van der Waals surface area contributed by atoms with Crippen molar-refractivity contribution in [1.29, 1.82) is 0 Å². The van der Waals surface area contributed by atoms with Gasteiger partial charge in [0.15, 0.2) is 0 Å². The number of nitrogens with one attached hydrogen (secondary N) is 1. The molecular weight excluding hydrogens is 192 g/mol. The number of hydrogen-bond donors (Lipinski definition) is 1. The molecule has 0 spiro atoms. The monoisotopic (exact) mass is 202 g/mol. The van der Waals surface area contributed by atoms with Gasteiger partial charge in [-0.3, -0.25) is 4.79 Å². The van der Waals surface area contributed by atoms with Crippen molar-refractivity contribution in [1.82, 2.24) is 9.97 Å². The molecule has 0 atom stereocenters. The quantitative estimate of drug-likeness (QED) is 0.770. The van der Waals surface area contributed by atoms with Crippen molar-refractivity contribution in [2.24, 2.45) is 0 Å². The molecule has 4 nitrogen and oxygen atoms in total. The van der Waals surface area contributed by atoms with Crippen LogP contribution >= 0.6 is 0 Å². The fourth-order valence-electron chi connectivity index (χ4n) is 1.30. The molecule has 1 aromatic heterocycles. The smallest absolute Gasteiger partial charge is 0.210 e. The van der Waals surface area contributed by atoms with Gasteiger partial charge in [-0.25, -0.2) is 4.98 Å². The lowest BCUT2D eigenvalue weighted by Gasteiger charge is -2.01. The maximum Gasteiger partial charge on any atom is 0.210 e. The van der Waals surface area contributed by atoms with E-state index in [0.29, 0.717) is 17.0 Å². The number of carbonyl (C=O) groups excluding carboxylic acids is 1. The minimum atomic E-state index is -0.0913. The van der Waals surface area contributed by atoms with Crippen LogP contribution in [0.5, 0.6) is 5.75 Å². The highest BCUT2D eigenvalue weighted by Crippen LogP contribution is 2.14. The highest BCUT2D eigenvalue weighted by molar-refractivity contribution is 6.07. The third-order valence-electron chi connectivity index (χ3n) is 2.07. The number of rotatable bonds is 3. The number of ether oxygens (including phenoxy) is 1. The first-order valence-electron chi connectivity index (χ1n) is 4.48. The molecule has 1 aromatic carbocycles. The largest absolute Gasteiger partial charge is 0.497 e. The van der Waals surface area contributed by atoms with Gasteiger partial charge >= 0.3 is 0 Å². The Morgan fingerprint density at radius 2 is 2.33 bits per heavy atom. The lowest BCUT2D eigenvalue weighted by Crippen LogP contribution is -2.01. The maximum atomic E-state index is 11.8. The molecule has 0 bridgehead atoms. The zero-order chi connectivity index (χ0) is 10.7. The van der Waals surface area contributed by atoms with Gasteiger partial charge in [0.2, 0.25) is 5.78 Å². The SMILES string of the molecule is COc1cccc(C(=O)c2cnc[nH]2)c1. The van der Waals surface area contributed by atoms with Gasteiger partial charge in [-0.05, 0) is 12.1 Å². The number of benzene rings is 1. The molecule has 76 valence electrons. The first-order chi connectivity index (χ1) is 7.31. The van der Waals surface area contributed by atoms with Crippen LogP contribution in [-0.4, -0.2) is 22.9 Å². The Bertz CT molecular complexity index is 463. The zero-order valence-corrected chi connectivity index (χ0v) is 8.23. The van der Waals surface area contributed by atoms with Crippen LogP contribution in [0, 0.1) is 0 Å². The van der Waals surface area contributed by atoms with Crippen LogP contribution in [0.2, 0.25) is 0 Å². The van der Waals surface area contributed by atoms with Crippen LogP contribution in [0.25, 0.3) is 0 Å². The van der Waals surface area contributed by atoms with Crippen LogP contribution in [0.4, 0.5) is 0 Å². The molecule has 0 aliphatic carbocycles. The van der Waals surface area contributed by atoms with Crippen molar-refractivity contribution in [3.63, 3.8) is 0 Å². The van der Waals surface area contributed by atoms with E-state index in [2.05, 4.69) is 9.97 Å². The summed E-state index contributed by atoms with van der Waals surface area (Å²) in [5, 5.41) is 0. The van der Waals surface area contributed by atoms with Crippen molar-refractivity contribution < 1.29 is 9.53 Å². The normalized spacial score (nSPS) is 9.93. The summed E-state index contributed by atoms with van der Waals surface area (Å²) in [5.41, 5.74) is 1.06. The van der Waals surface area contributed by atoms with Crippen LogP contribution < -0.4 is 4.74 Å². The Labute approximate surface area is 86.9 Å².